The second-order valence-electron chi connectivity index (χ2n) is 4.61. The summed E-state index contributed by atoms with van der Waals surface area (Å²) in [6.07, 6.45) is 3.54. The fraction of sp³-hybridized carbons (Fsp3) is 0.385. The number of anilines is 2. The molecule has 0 unspecified atom stereocenters. The first-order chi connectivity index (χ1) is 9.86. The van der Waals surface area contributed by atoms with Crippen molar-refractivity contribution in [3.63, 3.8) is 0 Å². The lowest BCUT2D eigenvalue weighted by Gasteiger charge is -2.35. The van der Waals surface area contributed by atoms with Gasteiger partial charge in [-0.25, -0.2) is 9.97 Å². The van der Waals surface area contributed by atoms with Crippen LogP contribution in [0.2, 0.25) is 0 Å². The van der Waals surface area contributed by atoms with E-state index in [0.29, 0.717) is 6.54 Å². The molecule has 1 fully saturated rings. The first-order valence-electron chi connectivity index (χ1n) is 6.66. The average Bonchev–Trinajstić information content (AvgIpc) is 2.56. The number of hydrogen-bond donors (Lipinski definition) is 1. The Kier molecular flexibility index (Phi) is 3.69. The molecule has 0 saturated carbocycles. The zero-order valence-electron chi connectivity index (χ0n) is 11.2. The van der Waals surface area contributed by atoms with Crippen molar-refractivity contribution in [3.05, 3.63) is 36.3 Å². The SMILES string of the molecule is NCc1ccc(N2CCN(c3ncccn3)CC2)nn1. The number of aromatic nitrogens is 4. The van der Waals surface area contributed by atoms with Gasteiger partial charge in [-0.3, -0.25) is 0 Å². The van der Waals surface area contributed by atoms with Gasteiger partial charge in [0.25, 0.3) is 0 Å². The third kappa shape index (κ3) is 2.67. The molecular weight excluding hydrogens is 254 g/mol. The molecule has 2 N–H and O–H groups in total. The van der Waals surface area contributed by atoms with Crippen molar-refractivity contribution in [2.24, 2.45) is 5.73 Å². The predicted octanol–water partition coefficient (Wildman–Crippen LogP) is 0.0519. The van der Waals surface area contributed by atoms with Gasteiger partial charge in [0.2, 0.25) is 5.95 Å². The number of rotatable bonds is 3. The van der Waals surface area contributed by atoms with Crippen LogP contribution in [-0.4, -0.2) is 46.3 Å². The highest BCUT2D eigenvalue weighted by molar-refractivity contribution is 5.41. The first-order valence-corrected chi connectivity index (χ1v) is 6.66. The van der Waals surface area contributed by atoms with Crippen molar-refractivity contribution in [2.75, 3.05) is 36.0 Å². The van der Waals surface area contributed by atoms with Crippen LogP contribution in [0.4, 0.5) is 11.8 Å². The lowest BCUT2D eigenvalue weighted by Crippen LogP contribution is -2.47. The summed E-state index contributed by atoms with van der Waals surface area (Å²) in [5.74, 6) is 1.69. The second-order valence-corrected chi connectivity index (χ2v) is 4.61. The summed E-state index contributed by atoms with van der Waals surface area (Å²) in [6.45, 7) is 3.95. The molecule has 0 radical (unpaired) electrons. The van der Waals surface area contributed by atoms with E-state index in [4.69, 9.17) is 5.73 Å². The Morgan fingerprint density at radius 3 is 2.25 bits per heavy atom. The first kappa shape index (κ1) is 12.7. The normalized spacial score (nSPS) is 15.4. The quantitative estimate of drug-likeness (QED) is 0.844. The van der Waals surface area contributed by atoms with Crippen LogP contribution in [0.5, 0.6) is 0 Å². The van der Waals surface area contributed by atoms with Crippen molar-refractivity contribution >= 4 is 11.8 Å². The van der Waals surface area contributed by atoms with Gasteiger partial charge in [-0.1, -0.05) is 0 Å². The largest absolute Gasteiger partial charge is 0.352 e. The van der Waals surface area contributed by atoms with Crippen molar-refractivity contribution < 1.29 is 0 Å². The average molecular weight is 271 g/mol. The highest BCUT2D eigenvalue weighted by Gasteiger charge is 2.19. The van der Waals surface area contributed by atoms with Gasteiger partial charge in [-0.05, 0) is 18.2 Å². The maximum atomic E-state index is 5.52. The summed E-state index contributed by atoms with van der Waals surface area (Å²) >= 11 is 0. The zero-order valence-corrected chi connectivity index (χ0v) is 11.2. The molecule has 1 aliphatic rings. The molecule has 20 heavy (non-hydrogen) atoms. The van der Waals surface area contributed by atoms with Gasteiger partial charge in [0.05, 0.1) is 5.69 Å². The molecule has 2 aromatic heterocycles. The molecule has 0 amide bonds. The number of piperazine rings is 1. The van der Waals surface area contributed by atoms with Gasteiger partial charge < -0.3 is 15.5 Å². The van der Waals surface area contributed by atoms with Crippen LogP contribution in [0, 0.1) is 0 Å². The fourth-order valence-corrected chi connectivity index (χ4v) is 2.22. The third-order valence-corrected chi connectivity index (χ3v) is 3.35. The topological polar surface area (TPSA) is 84.1 Å². The minimum Gasteiger partial charge on any atom is -0.352 e. The molecule has 7 heteroatoms. The van der Waals surface area contributed by atoms with Gasteiger partial charge >= 0.3 is 0 Å². The summed E-state index contributed by atoms with van der Waals surface area (Å²) in [5, 5.41) is 8.31. The van der Waals surface area contributed by atoms with Crippen molar-refractivity contribution in [2.45, 2.75) is 6.54 Å². The highest BCUT2D eigenvalue weighted by atomic mass is 15.3. The van der Waals surface area contributed by atoms with Crippen LogP contribution < -0.4 is 15.5 Å². The minimum absolute atomic E-state index is 0.423. The molecule has 7 nitrogen and oxygen atoms in total. The standard InChI is InChI=1S/C13H17N7/c14-10-11-2-3-12(18-17-11)19-6-8-20(9-7-19)13-15-4-1-5-16-13/h1-5H,6-10,14H2. The van der Waals surface area contributed by atoms with E-state index in [1.807, 2.05) is 18.2 Å². The van der Waals surface area contributed by atoms with Crippen molar-refractivity contribution in [3.8, 4) is 0 Å². The van der Waals surface area contributed by atoms with Crippen LogP contribution >= 0.6 is 0 Å². The van der Waals surface area contributed by atoms with E-state index in [0.717, 1.165) is 43.6 Å². The van der Waals surface area contributed by atoms with Crippen molar-refractivity contribution in [1.82, 2.24) is 20.2 Å². The Morgan fingerprint density at radius 1 is 0.950 bits per heavy atom. The molecule has 0 bridgehead atoms. The molecule has 0 atom stereocenters. The van der Waals surface area contributed by atoms with E-state index in [1.54, 1.807) is 12.4 Å². The Bertz CT molecular complexity index is 534. The Balaban J connectivity index is 1.63. The molecule has 3 heterocycles. The number of hydrogen-bond acceptors (Lipinski definition) is 7. The van der Waals surface area contributed by atoms with Gasteiger partial charge in [0.1, 0.15) is 0 Å². The molecule has 0 spiro atoms. The summed E-state index contributed by atoms with van der Waals surface area (Å²) in [5.41, 5.74) is 6.33. The number of nitrogens with two attached hydrogens (primary N) is 1. The monoisotopic (exact) mass is 271 g/mol. The number of nitrogens with zero attached hydrogens (tertiary/aromatic N) is 6. The molecular formula is C13H17N7. The summed E-state index contributed by atoms with van der Waals surface area (Å²) in [7, 11) is 0. The van der Waals surface area contributed by atoms with Gasteiger partial charge in [0.15, 0.2) is 5.82 Å². The third-order valence-electron chi connectivity index (χ3n) is 3.35. The molecule has 1 aliphatic heterocycles. The molecule has 1 saturated heterocycles. The van der Waals surface area contributed by atoms with Gasteiger partial charge in [0, 0.05) is 45.1 Å². The summed E-state index contributed by atoms with van der Waals surface area (Å²) in [4.78, 5) is 12.9. The molecule has 0 aliphatic carbocycles. The van der Waals surface area contributed by atoms with Crippen molar-refractivity contribution in [1.29, 1.82) is 0 Å². The maximum absolute atomic E-state index is 5.52. The maximum Gasteiger partial charge on any atom is 0.225 e. The molecule has 104 valence electrons. The Labute approximate surface area is 117 Å². The van der Waals surface area contributed by atoms with E-state index < -0.39 is 0 Å². The molecule has 2 aromatic rings. The highest BCUT2D eigenvalue weighted by Crippen LogP contribution is 2.15. The van der Waals surface area contributed by atoms with Crippen LogP contribution in [0.1, 0.15) is 5.69 Å². The van der Waals surface area contributed by atoms with Crippen LogP contribution in [0.25, 0.3) is 0 Å². The molecule has 0 aromatic carbocycles. The van der Waals surface area contributed by atoms with E-state index in [1.165, 1.54) is 0 Å². The summed E-state index contributed by atoms with van der Waals surface area (Å²) < 4.78 is 0. The summed E-state index contributed by atoms with van der Waals surface area (Å²) in [6, 6.07) is 5.73. The van der Waals surface area contributed by atoms with Crippen LogP contribution in [0.15, 0.2) is 30.6 Å². The van der Waals surface area contributed by atoms with Crippen LogP contribution in [-0.2, 0) is 6.54 Å². The second kappa shape index (κ2) is 5.79. The minimum atomic E-state index is 0.423. The van der Waals surface area contributed by atoms with E-state index in [9.17, 15) is 0 Å². The molecule has 3 rings (SSSR count). The smallest absolute Gasteiger partial charge is 0.225 e. The zero-order chi connectivity index (χ0) is 13.8. The Hall–Kier alpha value is -2.28. The fourth-order valence-electron chi connectivity index (χ4n) is 2.22. The van der Waals surface area contributed by atoms with E-state index in [2.05, 4.69) is 30.0 Å². The van der Waals surface area contributed by atoms with Crippen LogP contribution in [0.3, 0.4) is 0 Å². The lowest BCUT2D eigenvalue weighted by atomic mass is 10.3. The van der Waals surface area contributed by atoms with E-state index >= 15 is 0 Å². The van der Waals surface area contributed by atoms with Gasteiger partial charge in [-0.2, -0.15) is 5.10 Å². The lowest BCUT2D eigenvalue weighted by molar-refractivity contribution is 0.630. The van der Waals surface area contributed by atoms with E-state index in [-0.39, 0.29) is 0 Å². The predicted molar refractivity (Wildman–Crippen MR) is 76.4 cm³/mol. The van der Waals surface area contributed by atoms with Gasteiger partial charge in [-0.15, -0.1) is 5.10 Å². The Morgan fingerprint density at radius 2 is 1.65 bits per heavy atom.